The molecule has 0 bridgehead atoms. The van der Waals surface area contributed by atoms with Crippen LogP contribution >= 0.6 is 11.8 Å². The molecule has 1 heterocycles. The van der Waals surface area contributed by atoms with Crippen LogP contribution in [-0.4, -0.2) is 22.5 Å². The molecule has 0 unspecified atom stereocenters. The van der Waals surface area contributed by atoms with Crippen LogP contribution in [0.25, 0.3) is 0 Å². The number of nitrogens with zero attached hydrogens (tertiary/aromatic N) is 1. The van der Waals surface area contributed by atoms with Crippen molar-refractivity contribution in [2.75, 3.05) is 5.75 Å². The molecule has 1 N–H and O–H groups in total. The zero-order chi connectivity index (χ0) is 24.9. The molecule has 1 aliphatic heterocycles. The van der Waals surface area contributed by atoms with Gasteiger partial charge in [0.1, 0.15) is 5.37 Å². The fourth-order valence-corrected chi connectivity index (χ4v) is 5.78. The van der Waals surface area contributed by atoms with Crippen LogP contribution in [0.1, 0.15) is 49.6 Å². The van der Waals surface area contributed by atoms with E-state index in [0.717, 1.165) is 27.8 Å². The average Bonchev–Trinajstić information content (AvgIpc) is 3.28. The SMILES string of the molecule is Cc1ccccc1[C@@H](NC(=O)c1ccc([C@@H]2SCC(=O)N2Cc2ccccc2)cc1)c1ccccc1. The number of hydrogen-bond acceptors (Lipinski definition) is 3. The molecule has 4 nitrogen and oxygen atoms in total. The number of amides is 2. The molecule has 2 atom stereocenters. The van der Waals surface area contributed by atoms with Crippen LogP contribution in [0.15, 0.2) is 109 Å². The van der Waals surface area contributed by atoms with Crippen molar-refractivity contribution in [3.8, 4) is 0 Å². The quantitative estimate of drug-likeness (QED) is 0.330. The number of rotatable bonds is 7. The molecule has 180 valence electrons. The van der Waals surface area contributed by atoms with E-state index in [1.165, 1.54) is 0 Å². The summed E-state index contributed by atoms with van der Waals surface area (Å²) >= 11 is 1.63. The van der Waals surface area contributed by atoms with E-state index in [1.807, 2.05) is 102 Å². The molecule has 4 aromatic carbocycles. The Hall–Kier alpha value is -3.83. The van der Waals surface area contributed by atoms with E-state index in [-0.39, 0.29) is 23.2 Å². The summed E-state index contributed by atoms with van der Waals surface area (Å²) in [5.41, 5.74) is 5.97. The van der Waals surface area contributed by atoms with Gasteiger partial charge >= 0.3 is 0 Å². The second kappa shape index (κ2) is 10.8. The smallest absolute Gasteiger partial charge is 0.252 e. The number of thioether (sulfide) groups is 1. The van der Waals surface area contributed by atoms with Gasteiger partial charge in [0.15, 0.2) is 0 Å². The van der Waals surface area contributed by atoms with Crippen molar-refractivity contribution in [2.24, 2.45) is 0 Å². The van der Waals surface area contributed by atoms with Gasteiger partial charge in [-0.25, -0.2) is 0 Å². The van der Waals surface area contributed by atoms with Gasteiger partial charge in [0.25, 0.3) is 5.91 Å². The third-order valence-corrected chi connectivity index (χ3v) is 7.79. The van der Waals surface area contributed by atoms with Crippen LogP contribution in [0.4, 0.5) is 0 Å². The first-order chi connectivity index (χ1) is 17.6. The van der Waals surface area contributed by atoms with Crippen LogP contribution in [0.3, 0.4) is 0 Å². The normalized spacial score (nSPS) is 16.1. The molecule has 2 amide bonds. The van der Waals surface area contributed by atoms with Gasteiger partial charge in [-0.15, -0.1) is 11.8 Å². The Labute approximate surface area is 216 Å². The summed E-state index contributed by atoms with van der Waals surface area (Å²) in [7, 11) is 0. The Morgan fingerprint density at radius 1 is 0.889 bits per heavy atom. The van der Waals surface area contributed by atoms with Gasteiger partial charge in [0.05, 0.1) is 11.8 Å². The zero-order valence-corrected chi connectivity index (χ0v) is 20.9. The zero-order valence-electron chi connectivity index (χ0n) is 20.1. The lowest BCUT2D eigenvalue weighted by atomic mass is 9.94. The summed E-state index contributed by atoms with van der Waals surface area (Å²) in [6.45, 7) is 2.64. The molecule has 1 saturated heterocycles. The molecule has 0 aromatic heterocycles. The molecule has 4 aromatic rings. The van der Waals surface area contributed by atoms with Gasteiger partial charge in [-0.05, 0) is 46.9 Å². The van der Waals surface area contributed by atoms with Gasteiger partial charge in [-0.2, -0.15) is 0 Å². The Kier molecular flexibility index (Phi) is 7.19. The van der Waals surface area contributed by atoms with Gasteiger partial charge in [0, 0.05) is 12.1 Å². The first-order valence-corrected chi connectivity index (χ1v) is 13.1. The molecule has 0 aliphatic carbocycles. The number of nitrogens with one attached hydrogen (secondary N) is 1. The Morgan fingerprint density at radius 3 is 2.22 bits per heavy atom. The molecule has 5 rings (SSSR count). The molecule has 1 aliphatic rings. The van der Waals surface area contributed by atoms with E-state index in [1.54, 1.807) is 11.8 Å². The lowest BCUT2D eigenvalue weighted by molar-refractivity contribution is -0.128. The lowest BCUT2D eigenvalue weighted by Gasteiger charge is -2.25. The fourth-order valence-electron chi connectivity index (χ4n) is 4.59. The maximum Gasteiger partial charge on any atom is 0.252 e. The van der Waals surface area contributed by atoms with Crippen molar-refractivity contribution in [3.63, 3.8) is 0 Å². The van der Waals surface area contributed by atoms with Crippen LogP contribution in [0.5, 0.6) is 0 Å². The first-order valence-electron chi connectivity index (χ1n) is 12.1. The highest BCUT2D eigenvalue weighted by molar-refractivity contribution is 8.00. The molecule has 0 spiro atoms. The molecule has 0 saturated carbocycles. The van der Waals surface area contributed by atoms with Crippen LogP contribution < -0.4 is 5.32 Å². The second-order valence-electron chi connectivity index (χ2n) is 8.97. The monoisotopic (exact) mass is 492 g/mol. The second-order valence-corrected chi connectivity index (χ2v) is 10.0. The highest BCUT2D eigenvalue weighted by Gasteiger charge is 2.32. The van der Waals surface area contributed by atoms with E-state index >= 15 is 0 Å². The van der Waals surface area contributed by atoms with Gasteiger partial charge in [-0.1, -0.05) is 97.1 Å². The predicted octanol–water partition coefficient (Wildman–Crippen LogP) is 6.29. The van der Waals surface area contributed by atoms with Crippen LogP contribution in [0, 0.1) is 6.92 Å². The molecule has 36 heavy (non-hydrogen) atoms. The van der Waals surface area contributed by atoms with E-state index in [4.69, 9.17) is 0 Å². The van der Waals surface area contributed by atoms with Crippen molar-refractivity contribution >= 4 is 23.6 Å². The summed E-state index contributed by atoms with van der Waals surface area (Å²) < 4.78 is 0. The Morgan fingerprint density at radius 2 is 1.53 bits per heavy atom. The summed E-state index contributed by atoms with van der Waals surface area (Å²) in [4.78, 5) is 27.8. The minimum atomic E-state index is -0.246. The number of carbonyl (C=O) groups excluding carboxylic acids is 2. The predicted molar refractivity (Wildman–Crippen MR) is 146 cm³/mol. The highest BCUT2D eigenvalue weighted by Crippen LogP contribution is 2.39. The van der Waals surface area contributed by atoms with Crippen molar-refractivity contribution in [3.05, 3.63) is 143 Å². The fraction of sp³-hybridized carbons (Fsp3) is 0.161. The van der Waals surface area contributed by atoms with Crippen LogP contribution in [0.2, 0.25) is 0 Å². The number of benzene rings is 4. The number of carbonyl (C=O) groups is 2. The largest absolute Gasteiger partial charge is 0.341 e. The number of aryl methyl sites for hydroxylation is 1. The number of hydrogen-bond donors (Lipinski definition) is 1. The van der Waals surface area contributed by atoms with Gasteiger partial charge in [0.2, 0.25) is 5.91 Å². The molecular formula is C31H28N2O2S. The van der Waals surface area contributed by atoms with E-state index in [9.17, 15) is 9.59 Å². The van der Waals surface area contributed by atoms with Gasteiger partial charge in [-0.3, -0.25) is 9.59 Å². The first kappa shape index (κ1) is 23.9. The van der Waals surface area contributed by atoms with Crippen molar-refractivity contribution in [1.82, 2.24) is 10.2 Å². The van der Waals surface area contributed by atoms with E-state index < -0.39 is 0 Å². The maximum absolute atomic E-state index is 13.3. The topological polar surface area (TPSA) is 49.4 Å². The summed E-state index contributed by atoms with van der Waals surface area (Å²) in [5, 5.41) is 3.18. The summed E-state index contributed by atoms with van der Waals surface area (Å²) in [6.07, 6.45) is 0. The maximum atomic E-state index is 13.3. The molecular weight excluding hydrogens is 464 g/mol. The molecule has 0 radical (unpaired) electrons. The van der Waals surface area contributed by atoms with Crippen LogP contribution in [-0.2, 0) is 11.3 Å². The third kappa shape index (κ3) is 5.21. The summed E-state index contributed by atoms with van der Waals surface area (Å²) in [5.74, 6) is 0.476. The Bertz CT molecular complexity index is 1340. The van der Waals surface area contributed by atoms with Gasteiger partial charge < -0.3 is 10.2 Å². The van der Waals surface area contributed by atoms with Crippen molar-refractivity contribution < 1.29 is 9.59 Å². The average molecular weight is 493 g/mol. The summed E-state index contributed by atoms with van der Waals surface area (Å²) in [6, 6.07) is 35.6. The third-order valence-electron chi connectivity index (χ3n) is 6.53. The minimum Gasteiger partial charge on any atom is -0.341 e. The molecule has 1 fully saturated rings. The minimum absolute atomic E-state index is 0.0566. The van der Waals surface area contributed by atoms with E-state index in [2.05, 4.69) is 24.4 Å². The highest BCUT2D eigenvalue weighted by atomic mass is 32.2. The van der Waals surface area contributed by atoms with Crippen molar-refractivity contribution in [1.29, 1.82) is 0 Å². The molecule has 5 heteroatoms. The van der Waals surface area contributed by atoms with Crippen molar-refractivity contribution in [2.45, 2.75) is 24.9 Å². The van der Waals surface area contributed by atoms with E-state index in [0.29, 0.717) is 17.9 Å². The lowest BCUT2D eigenvalue weighted by Crippen LogP contribution is -2.30. The standard InChI is InChI=1S/C31H28N2O2S/c1-22-10-8-9-15-27(22)29(24-13-6-3-7-14-24)32-30(35)25-16-18-26(19-17-25)31-33(28(34)21-36-31)20-23-11-4-2-5-12-23/h2-19,29,31H,20-21H2,1H3,(H,32,35)/t29-,31-/m0/s1. The Balaban J connectivity index is 1.35.